The summed E-state index contributed by atoms with van der Waals surface area (Å²) in [5.74, 6) is -0.101. The monoisotopic (exact) mass is 319 g/mol. The molecule has 0 unspecified atom stereocenters. The minimum atomic E-state index is -0.348. The Morgan fingerprint density at radius 2 is 2.24 bits per heavy atom. The van der Waals surface area contributed by atoms with Gasteiger partial charge in [-0.1, -0.05) is 35.2 Å². The van der Waals surface area contributed by atoms with Crippen molar-refractivity contribution in [3.8, 4) is 0 Å². The van der Waals surface area contributed by atoms with Gasteiger partial charge in [0, 0.05) is 0 Å². The number of aromatic nitrogens is 4. The molecule has 0 aliphatic rings. The highest BCUT2D eigenvalue weighted by molar-refractivity contribution is 7.99. The van der Waals surface area contributed by atoms with Crippen LogP contribution in [0.5, 0.6) is 0 Å². The number of H-pyrrole nitrogens is 1. The predicted molar refractivity (Wildman–Crippen MR) is 81.6 cm³/mol. The van der Waals surface area contributed by atoms with Gasteiger partial charge in [0.25, 0.3) is 5.56 Å². The zero-order valence-corrected chi connectivity index (χ0v) is 12.2. The lowest BCUT2D eigenvalue weighted by molar-refractivity contribution is -0.113. The summed E-state index contributed by atoms with van der Waals surface area (Å²) in [6, 6.07) is 7.66. The van der Waals surface area contributed by atoms with Crippen LogP contribution in [-0.4, -0.2) is 31.8 Å². The molecule has 2 heterocycles. The zero-order chi connectivity index (χ0) is 14.7. The lowest BCUT2D eigenvalue weighted by Crippen LogP contribution is -2.15. The van der Waals surface area contributed by atoms with E-state index in [1.807, 2.05) is 24.3 Å². The number of anilines is 1. The minimum Gasteiger partial charge on any atom is -0.301 e. The number of hydrogen-bond donors (Lipinski definition) is 2. The molecule has 0 aliphatic heterocycles. The summed E-state index contributed by atoms with van der Waals surface area (Å²) in [4.78, 5) is 29.7. The van der Waals surface area contributed by atoms with Crippen LogP contribution in [-0.2, 0) is 4.79 Å². The lowest BCUT2D eigenvalue weighted by Gasteiger charge is -2.00. The van der Waals surface area contributed by atoms with Crippen LogP contribution in [0.3, 0.4) is 0 Å². The summed E-state index contributed by atoms with van der Waals surface area (Å²) in [6.45, 7) is 0. The molecule has 0 fully saturated rings. The van der Waals surface area contributed by atoms with E-state index in [1.165, 1.54) is 11.3 Å². The maximum atomic E-state index is 11.8. The molecule has 1 aromatic carbocycles. The van der Waals surface area contributed by atoms with Crippen LogP contribution in [0.15, 0.2) is 40.4 Å². The van der Waals surface area contributed by atoms with Gasteiger partial charge < -0.3 is 5.32 Å². The topological polar surface area (TPSA) is 101 Å². The normalized spacial score (nSPS) is 10.7. The highest BCUT2D eigenvalue weighted by Crippen LogP contribution is 2.25. The number of benzene rings is 1. The molecule has 3 aromatic rings. The van der Waals surface area contributed by atoms with E-state index >= 15 is 0 Å². The Hall–Kier alpha value is -2.26. The molecule has 21 heavy (non-hydrogen) atoms. The Balaban J connectivity index is 1.62. The molecule has 0 radical (unpaired) electrons. The number of nitrogens with one attached hydrogen (secondary N) is 2. The third kappa shape index (κ3) is 3.44. The van der Waals surface area contributed by atoms with Crippen molar-refractivity contribution >= 4 is 44.4 Å². The van der Waals surface area contributed by atoms with Gasteiger partial charge in [-0.05, 0) is 12.1 Å². The molecule has 0 saturated carbocycles. The first-order chi connectivity index (χ1) is 10.2. The van der Waals surface area contributed by atoms with Crippen LogP contribution in [0.4, 0.5) is 5.13 Å². The molecule has 0 saturated heterocycles. The number of aromatic amines is 1. The number of thiazole rings is 1. The van der Waals surface area contributed by atoms with Crippen molar-refractivity contribution in [2.24, 2.45) is 0 Å². The number of thioether (sulfide) groups is 1. The molecule has 2 N–H and O–H groups in total. The van der Waals surface area contributed by atoms with Gasteiger partial charge in [0.15, 0.2) is 10.3 Å². The molecule has 0 spiro atoms. The highest BCUT2D eigenvalue weighted by Gasteiger charge is 2.09. The number of rotatable bonds is 4. The van der Waals surface area contributed by atoms with Gasteiger partial charge >= 0.3 is 0 Å². The number of hydrogen-bond acceptors (Lipinski definition) is 7. The van der Waals surface area contributed by atoms with Crippen molar-refractivity contribution in [3.05, 3.63) is 40.8 Å². The van der Waals surface area contributed by atoms with Gasteiger partial charge in [-0.15, -0.1) is 5.10 Å². The second-order valence-corrected chi connectivity index (χ2v) is 5.96. The molecular weight excluding hydrogens is 310 g/mol. The Morgan fingerprint density at radius 1 is 1.38 bits per heavy atom. The van der Waals surface area contributed by atoms with Gasteiger partial charge in [-0.2, -0.15) is 5.10 Å². The fourth-order valence-electron chi connectivity index (χ4n) is 1.58. The van der Waals surface area contributed by atoms with Crippen molar-refractivity contribution in [1.29, 1.82) is 0 Å². The standard InChI is InChI=1S/C12H9N5O2S2/c18-9-5-13-17-12(15-9)20-6-10(19)16-11-14-7-3-1-2-4-8(7)21-11/h1-5H,6H2,(H,14,16,19)(H,15,17,18). The van der Waals surface area contributed by atoms with Crippen molar-refractivity contribution in [1.82, 2.24) is 20.2 Å². The lowest BCUT2D eigenvalue weighted by atomic mass is 10.3. The maximum Gasteiger partial charge on any atom is 0.270 e. The van der Waals surface area contributed by atoms with E-state index in [0.29, 0.717) is 10.3 Å². The zero-order valence-electron chi connectivity index (χ0n) is 10.6. The first-order valence-electron chi connectivity index (χ1n) is 5.91. The summed E-state index contributed by atoms with van der Waals surface area (Å²) < 4.78 is 1.01. The van der Waals surface area contributed by atoms with Crippen LogP contribution in [0, 0.1) is 0 Å². The van der Waals surface area contributed by atoms with Crippen molar-refractivity contribution in [2.45, 2.75) is 5.16 Å². The van der Waals surface area contributed by atoms with E-state index < -0.39 is 0 Å². The third-order valence-corrected chi connectivity index (χ3v) is 4.25. The van der Waals surface area contributed by atoms with Gasteiger partial charge in [0.2, 0.25) is 5.91 Å². The van der Waals surface area contributed by atoms with Crippen LogP contribution in [0.1, 0.15) is 0 Å². The first-order valence-corrected chi connectivity index (χ1v) is 7.71. The average Bonchev–Trinajstić information content (AvgIpc) is 2.87. The quantitative estimate of drug-likeness (QED) is 0.707. The molecule has 0 aliphatic carbocycles. The molecule has 106 valence electrons. The van der Waals surface area contributed by atoms with Crippen molar-refractivity contribution in [2.75, 3.05) is 11.1 Å². The van der Waals surface area contributed by atoms with Gasteiger partial charge in [-0.25, -0.2) is 4.98 Å². The van der Waals surface area contributed by atoms with Crippen LogP contribution in [0.2, 0.25) is 0 Å². The second kappa shape index (κ2) is 6.02. The fraction of sp³-hybridized carbons (Fsp3) is 0.0833. The van der Waals surface area contributed by atoms with E-state index in [9.17, 15) is 9.59 Å². The van der Waals surface area contributed by atoms with E-state index in [2.05, 4.69) is 25.5 Å². The SMILES string of the molecule is O=C(CSc1nncc(=O)[nH]1)Nc1nc2ccccc2s1. The smallest absolute Gasteiger partial charge is 0.270 e. The number of nitrogens with zero attached hydrogens (tertiary/aromatic N) is 3. The summed E-state index contributed by atoms with van der Waals surface area (Å²) in [7, 11) is 0. The maximum absolute atomic E-state index is 11.8. The Morgan fingerprint density at radius 3 is 3.05 bits per heavy atom. The molecule has 0 bridgehead atoms. The largest absolute Gasteiger partial charge is 0.301 e. The van der Waals surface area contributed by atoms with E-state index in [0.717, 1.165) is 28.2 Å². The summed E-state index contributed by atoms with van der Waals surface area (Å²) in [5.41, 5.74) is 0.503. The minimum absolute atomic E-state index is 0.116. The Bertz CT molecular complexity index is 812. The van der Waals surface area contributed by atoms with Crippen LogP contribution >= 0.6 is 23.1 Å². The molecule has 3 rings (SSSR count). The predicted octanol–water partition coefficient (Wildman–Crippen LogP) is 1.51. The first kappa shape index (κ1) is 13.7. The molecule has 1 amide bonds. The number of carbonyl (C=O) groups is 1. The summed E-state index contributed by atoms with van der Waals surface area (Å²) in [6.07, 6.45) is 1.07. The van der Waals surface area contributed by atoms with Crippen LogP contribution in [0.25, 0.3) is 10.2 Å². The summed E-state index contributed by atoms with van der Waals surface area (Å²) >= 11 is 2.52. The molecule has 7 nitrogen and oxygen atoms in total. The van der Waals surface area contributed by atoms with Crippen molar-refractivity contribution < 1.29 is 4.79 Å². The number of amides is 1. The highest BCUT2D eigenvalue weighted by atomic mass is 32.2. The van der Waals surface area contributed by atoms with Crippen LogP contribution < -0.4 is 10.9 Å². The van der Waals surface area contributed by atoms with Crippen molar-refractivity contribution in [3.63, 3.8) is 0 Å². The molecular formula is C12H9N5O2S2. The molecule has 0 atom stereocenters. The summed E-state index contributed by atoms with van der Waals surface area (Å²) in [5, 5.41) is 10.8. The average molecular weight is 319 g/mol. The third-order valence-electron chi connectivity index (χ3n) is 2.43. The van der Waals surface area contributed by atoms with E-state index in [4.69, 9.17) is 0 Å². The number of fused-ring (bicyclic) bond motifs is 1. The second-order valence-electron chi connectivity index (χ2n) is 3.96. The Kier molecular flexibility index (Phi) is 3.93. The number of para-hydroxylation sites is 1. The molecule has 9 heteroatoms. The van der Waals surface area contributed by atoms with Gasteiger partial charge in [-0.3, -0.25) is 14.6 Å². The van der Waals surface area contributed by atoms with E-state index in [-0.39, 0.29) is 17.2 Å². The number of carbonyl (C=O) groups excluding carboxylic acids is 1. The van der Waals surface area contributed by atoms with E-state index in [1.54, 1.807) is 0 Å². The Labute approximate surface area is 126 Å². The van der Waals surface area contributed by atoms with Gasteiger partial charge in [0.1, 0.15) is 6.20 Å². The fourth-order valence-corrected chi connectivity index (χ4v) is 3.08. The van der Waals surface area contributed by atoms with Gasteiger partial charge in [0.05, 0.1) is 16.0 Å². The molecule has 2 aromatic heterocycles.